The summed E-state index contributed by atoms with van der Waals surface area (Å²) in [7, 11) is -3.32. The molecule has 0 rings (SSSR count). The van der Waals surface area contributed by atoms with E-state index in [0.717, 1.165) is 0 Å². The molecule has 5 nitrogen and oxygen atoms in total. The molecule has 0 bridgehead atoms. The Morgan fingerprint density at radius 2 is 2.08 bits per heavy atom. The van der Waals surface area contributed by atoms with Crippen molar-refractivity contribution in [3.05, 3.63) is 0 Å². The number of carbonyl (C=O) groups is 1. The summed E-state index contributed by atoms with van der Waals surface area (Å²) in [5.74, 6) is -1.29. The smallest absolute Gasteiger partial charge is 0.321 e. The van der Waals surface area contributed by atoms with Crippen molar-refractivity contribution in [1.82, 2.24) is 0 Å². The van der Waals surface area contributed by atoms with Crippen LogP contribution in [-0.2, 0) is 19.4 Å². The Morgan fingerprint density at radius 1 is 1.46 bits per heavy atom. The highest BCUT2D eigenvalue weighted by Gasteiger charge is 2.16. The quantitative estimate of drug-likeness (QED) is 0.585. The molecule has 0 heterocycles. The molecule has 0 atom stereocenters. The minimum absolute atomic E-state index is 0.0533. The van der Waals surface area contributed by atoms with E-state index < -0.39 is 21.6 Å². The molecule has 0 aromatic carbocycles. The van der Waals surface area contributed by atoms with Crippen LogP contribution in [0.4, 0.5) is 0 Å². The van der Waals surface area contributed by atoms with Gasteiger partial charge in [-0.05, 0) is 19.9 Å². The van der Waals surface area contributed by atoms with Gasteiger partial charge < -0.3 is 10.5 Å². The number of hydrogen-bond donors (Lipinski definition) is 1. The SMILES string of the molecule is CCOC(=O)CS(=O)(=O)CCCN. The molecule has 78 valence electrons. The van der Waals surface area contributed by atoms with Crippen molar-refractivity contribution in [2.75, 3.05) is 24.7 Å². The number of esters is 1. The Bertz CT molecular complexity index is 247. The molecule has 0 unspecified atom stereocenters. The number of sulfone groups is 1. The molecule has 2 N–H and O–H groups in total. The molecule has 0 aliphatic rings. The minimum atomic E-state index is -3.32. The van der Waals surface area contributed by atoms with Crippen LogP contribution in [0.5, 0.6) is 0 Å². The van der Waals surface area contributed by atoms with Crippen LogP contribution < -0.4 is 5.73 Å². The Kier molecular flexibility index (Phi) is 5.65. The van der Waals surface area contributed by atoms with Crippen LogP contribution in [0.2, 0.25) is 0 Å². The third-order valence-electron chi connectivity index (χ3n) is 1.30. The van der Waals surface area contributed by atoms with Gasteiger partial charge in [0.2, 0.25) is 0 Å². The fourth-order valence-corrected chi connectivity index (χ4v) is 1.95. The van der Waals surface area contributed by atoms with E-state index in [9.17, 15) is 13.2 Å². The molecule has 0 aromatic rings. The number of rotatable bonds is 6. The predicted molar refractivity (Wildman–Crippen MR) is 49.0 cm³/mol. The zero-order valence-corrected chi connectivity index (χ0v) is 8.47. The lowest BCUT2D eigenvalue weighted by Gasteiger charge is -2.02. The first-order valence-corrected chi connectivity index (χ1v) is 5.90. The molecule has 13 heavy (non-hydrogen) atoms. The molecular formula is C7H15NO4S. The lowest BCUT2D eigenvalue weighted by atomic mass is 10.5. The molecule has 0 aromatic heterocycles. The highest BCUT2D eigenvalue weighted by molar-refractivity contribution is 7.92. The van der Waals surface area contributed by atoms with E-state index in [-0.39, 0.29) is 12.4 Å². The molecule has 0 saturated carbocycles. The van der Waals surface area contributed by atoms with Crippen molar-refractivity contribution in [2.45, 2.75) is 13.3 Å². The monoisotopic (exact) mass is 209 g/mol. The topological polar surface area (TPSA) is 86.5 Å². The molecule has 0 spiro atoms. The average molecular weight is 209 g/mol. The van der Waals surface area contributed by atoms with Gasteiger partial charge in [0.25, 0.3) is 0 Å². The number of ether oxygens (including phenoxy) is 1. The third kappa shape index (κ3) is 6.53. The molecule has 0 saturated heterocycles. The van der Waals surface area contributed by atoms with Gasteiger partial charge in [-0.3, -0.25) is 4.79 Å². The van der Waals surface area contributed by atoms with Crippen molar-refractivity contribution < 1.29 is 17.9 Å². The Hall–Kier alpha value is -0.620. The maximum atomic E-state index is 11.1. The second kappa shape index (κ2) is 5.93. The van der Waals surface area contributed by atoms with E-state index in [0.29, 0.717) is 13.0 Å². The van der Waals surface area contributed by atoms with Gasteiger partial charge in [0.05, 0.1) is 12.4 Å². The second-order valence-corrected chi connectivity index (χ2v) is 4.72. The van der Waals surface area contributed by atoms with E-state index >= 15 is 0 Å². The molecular weight excluding hydrogens is 194 g/mol. The maximum Gasteiger partial charge on any atom is 0.321 e. The summed E-state index contributed by atoms with van der Waals surface area (Å²) < 4.78 is 26.7. The highest BCUT2D eigenvalue weighted by atomic mass is 32.2. The predicted octanol–water partition coefficient (Wildman–Crippen LogP) is -0.687. The van der Waals surface area contributed by atoms with Crippen molar-refractivity contribution >= 4 is 15.8 Å². The molecule has 0 fully saturated rings. The van der Waals surface area contributed by atoms with Crippen LogP contribution in [0.25, 0.3) is 0 Å². The zero-order valence-electron chi connectivity index (χ0n) is 7.65. The lowest BCUT2D eigenvalue weighted by Crippen LogP contribution is -2.22. The number of carbonyl (C=O) groups excluding carboxylic acids is 1. The largest absolute Gasteiger partial charge is 0.465 e. The van der Waals surface area contributed by atoms with Crippen molar-refractivity contribution in [3.63, 3.8) is 0 Å². The lowest BCUT2D eigenvalue weighted by molar-refractivity contribution is -0.139. The molecule has 0 aliphatic heterocycles. The molecule has 6 heteroatoms. The normalized spacial score (nSPS) is 11.2. The highest BCUT2D eigenvalue weighted by Crippen LogP contribution is 1.94. The summed E-state index contributed by atoms with van der Waals surface area (Å²) >= 11 is 0. The summed E-state index contributed by atoms with van der Waals surface area (Å²) in [5.41, 5.74) is 5.14. The van der Waals surface area contributed by atoms with Gasteiger partial charge in [-0.2, -0.15) is 0 Å². The molecule has 0 amide bonds. The van der Waals surface area contributed by atoms with E-state index in [1.54, 1.807) is 6.92 Å². The first-order chi connectivity index (χ1) is 6.02. The minimum Gasteiger partial charge on any atom is -0.465 e. The van der Waals surface area contributed by atoms with Crippen LogP contribution >= 0.6 is 0 Å². The van der Waals surface area contributed by atoms with Crippen molar-refractivity contribution in [1.29, 1.82) is 0 Å². The van der Waals surface area contributed by atoms with Crippen LogP contribution in [-0.4, -0.2) is 39.0 Å². The average Bonchev–Trinajstić information content (AvgIpc) is 2.00. The van der Waals surface area contributed by atoms with Gasteiger partial charge in [-0.25, -0.2) is 8.42 Å². The van der Waals surface area contributed by atoms with Gasteiger partial charge in [0.1, 0.15) is 5.75 Å². The first kappa shape index (κ1) is 12.4. The standard InChI is InChI=1S/C7H15NO4S/c1-2-12-7(9)6-13(10,11)5-3-4-8/h2-6,8H2,1H3. The third-order valence-corrected chi connectivity index (χ3v) is 2.89. The number of nitrogens with two attached hydrogens (primary N) is 1. The van der Waals surface area contributed by atoms with Crippen LogP contribution in [0, 0.1) is 0 Å². The molecule has 0 radical (unpaired) electrons. The van der Waals surface area contributed by atoms with E-state index in [4.69, 9.17) is 5.73 Å². The van der Waals surface area contributed by atoms with Gasteiger partial charge in [0, 0.05) is 0 Å². The Morgan fingerprint density at radius 3 is 2.54 bits per heavy atom. The van der Waals surface area contributed by atoms with Crippen LogP contribution in [0.3, 0.4) is 0 Å². The summed E-state index contributed by atoms with van der Waals surface area (Å²) in [4.78, 5) is 10.8. The van der Waals surface area contributed by atoms with Gasteiger partial charge in [-0.15, -0.1) is 0 Å². The van der Waals surface area contributed by atoms with Gasteiger partial charge >= 0.3 is 5.97 Å². The fourth-order valence-electron chi connectivity index (χ4n) is 0.758. The van der Waals surface area contributed by atoms with Gasteiger partial charge in [-0.1, -0.05) is 0 Å². The second-order valence-electron chi connectivity index (χ2n) is 2.54. The Balaban J connectivity index is 3.95. The summed E-state index contributed by atoms with van der Waals surface area (Å²) in [6, 6.07) is 0. The maximum absolute atomic E-state index is 11.1. The van der Waals surface area contributed by atoms with E-state index in [1.807, 2.05) is 0 Å². The number of hydrogen-bond acceptors (Lipinski definition) is 5. The summed E-state index contributed by atoms with van der Waals surface area (Å²) in [6.07, 6.45) is 0.377. The van der Waals surface area contributed by atoms with Crippen LogP contribution in [0.15, 0.2) is 0 Å². The van der Waals surface area contributed by atoms with Gasteiger partial charge in [0.15, 0.2) is 9.84 Å². The Labute approximate surface area is 78.2 Å². The summed E-state index contributed by atoms with van der Waals surface area (Å²) in [6.45, 7) is 2.14. The van der Waals surface area contributed by atoms with Crippen molar-refractivity contribution in [3.8, 4) is 0 Å². The fraction of sp³-hybridized carbons (Fsp3) is 0.857. The molecule has 0 aliphatic carbocycles. The van der Waals surface area contributed by atoms with Crippen LogP contribution in [0.1, 0.15) is 13.3 Å². The zero-order chi connectivity index (χ0) is 10.3. The summed E-state index contributed by atoms with van der Waals surface area (Å²) in [5, 5.41) is 0. The first-order valence-electron chi connectivity index (χ1n) is 4.08. The van der Waals surface area contributed by atoms with E-state index in [1.165, 1.54) is 0 Å². The van der Waals surface area contributed by atoms with Crippen molar-refractivity contribution in [2.24, 2.45) is 5.73 Å². The van der Waals surface area contributed by atoms with E-state index in [2.05, 4.69) is 4.74 Å².